The number of amides is 1. The molecule has 1 aliphatic rings. The summed E-state index contributed by atoms with van der Waals surface area (Å²) >= 11 is 0. The number of ether oxygens (including phenoxy) is 4. The summed E-state index contributed by atoms with van der Waals surface area (Å²) in [6.07, 6.45) is 0. The maximum Gasteiger partial charge on any atom is 0.246 e. The second kappa shape index (κ2) is 8.74. The van der Waals surface area contributed by atoms with Crippen LogP contribution in [0.3, 0.4) is 0 Å². The fraction of sp³-hybridized carbons (Fsp3) is 0.588. The Labute approximate surface area is 137 Å². The third kappa shape index (κ3) is 5.11. The molecule has 0 aliphatic carbocycles. The second-order valence-electron chi connectivity index (χ2n) is 5.74. The number of carbonyl (C=O) groups excluding carboxylic acids is 1. The van der Waals surface area contributed by atoms with Gasteiger partial charge < -0.3 is 24.3 Å². The van der Waals surface area contributed by atoms with Crippen molar-refractivity contribution in [1.82, 2.24) is 5.32 Å². The zero-order chi connectivity index (χ0) is 16.7. The van der Waals surface area contributed by atoms with E-state index in [2.05, 4.69) is 19.2 Å². The second-order valence-corrected chi connectivity index (χ2v) is 5.74. The van der Waals surface area contributed by atoms with Crippen molar-refractivity contribution in [2.45, 2.75) is 19.9 Å². The first-order valence-corrected chi connectivity index (χ1v) is 7.87. The summed E-state index contributed by atoms with van der Waals surface area (Å²) < 4.78 is 21.3. The normalized spacial score (nSPS) is 14.6. The minimum atomic E-state index is -0.144. The molecule has 1 atom stereocenters. The minimum Gasteiger partial charge on any atom is -0.486 e. The summed E-state index contributed by atoms with van der Waals surface area (Å²) in [5.74, 6) is 1.57. The van der Waals surface area contributed by atoms with E-state index < -0.39 is 0 Å². The van der Waals surface area contributed by atoms with Crippen LogP contribution in [0.25, 0.3) is 0 Å². The van der Waals surface area contributed by atoms with E-state index in [1.165, 1.54) is 0 Å². The van der Waals surface area contributed by atoms with E-state index in [1.54, 1.807) is 7.11 Å². The molecule has 0 saturated carbocycles. The zero-order valence-corrected chi connectivity index (χ0v) is 14.0. The summed E-state index contributed by atoms with van der Waals surface area (Å²) in [4.78, 5) is 12.1. The summed E-state index contributed by atoms with van der Waals surface area (Å²) in [5, 5.41) is 3.02. The predicted octanol–water partition coefficient (Wildman–Crippen LogP) is 1.93. The molecule has 0 saturated heterocycles. The highest BCUT2D eigenvalue weighted by molar-refractivity contribution is 5.77. The highest BCUT2D eigenvalue weighted by Gasteiger charge is 2.21. The largest absolute Gasteiger partial charge is 0.486 e. The van der Waals surface area contributed by atoms with Gasteiger partial charge in [0.25, 0.3) is 0 Å². The molecule has 128 valence electrons. The molecule has 0 unspecified atom stereocenters. The molecule has 23 heavy (non-hydrogen) atoms. The van der Waals surface area contributed by atoms with Gasteiger partial charge in [-0.25, -0.2) is 0 Å². The number of hydrogen-bond acceptors (Lipinski definition) is 5. The van der Waals surface area contributed by atoms with Crippen molar-refractivity contribution in [3.63, 3.8) is 0 Å². The number of benzene rings is 1. The Morgan fingerprint density at radius 1 is 1.22 bits per heavy atom. The highest BCUT2D eigenvalue weighted by Crippen LogP contribution is 2.34. The number of fused-ring (bicyclic) bond motifs is 1. The molecule has 6 nitrogen and oxygen atoms in total. The molecule has 6 heteroatoms. The molecule has 1 aromatic carbocycles. The van der Waals surface area contributed by atoms with Crippen LogP contribution in [0.15, 0.2) is 18.2 Å². The molecule has 0 aromatic heterocycles. The first kappa shape index (κ1) is 17.6. The standard InChI is InChI=1S/C17H25NO5/c1-12(2)17(18-16(19)11-21-7-6-20-3)13-4-5-14-15(10-13)23-9-8-22-14/h4-5,10,12,17H,6-9,11H2,1-3H3,(H,18,19)/t17-/m1/s1. The fourth-order valence-corrected chi connectivity index (χ4v) is 2.41. The van der Waals surface area contributed by atoms with E-state index in [4.69, 9.17) is 18.9 Å². The van der Waals surface area contributed by atoms with Crippen molar-refractivity contribution in [3.8, 4) is 11.5 Å². The van der Waals surface area contributed by atoms with Crippen LogP contribution >= 0.6 is 0 Å². The predicted molar refractivity (Wildman–Crippen MR) is 85.8 cm³/mol. The van der Waals surface area contributed by atoms with E-state index in [9.17, 15) is 4.79 Å². The molecule has 1 aromatic rings. The van der Waals surface area contributed by atoms with Gasteiger partial charge >= 0.3 is 0 Å². The lowest BCUT2D eigenvalue weighted by molar-refractivity contribution is -0.127. The van der Waals surface area contributed by atoms with Gasteiger partial charge in [-0.05, 0) is 23.6 Å². The maximum absolute atomic E-state index is 12.1. The highest BCUT2D eigenvalue weighted by atomic mass is 16.6. The van der Waals surface area contributed by atoms with Gasteiger partial charge in [0.1, 0.15) is 19.8 Å². The van der Waals surface area contributed by atoms with Crippen molar-refractivity contribution in [2.24, 2.45) is 5.92 Å². The molecule has 1 aliphatic heterocycles. The molecular weight excluding hydrogens is 298 g/mol. The van der Waals surface area contributed by atoms with Gasteiger partial charge in [0, 0.05) is 7.11 Å². The Kier molecular flexibility index (Phi) is 6.67. The Balaban J connectivity index is 1.99. The smallest absolute Gasteiger partial charge is 0.246 e. The quantitative estimate of drug-likeness (QED) is 0.741. The lowest BCUT2D eigenvalue weighted by atomic mass is 9.95. The molecule has 1 N–H and O–H groups in total. The number of rotatable bonds is 8. The van der Waals surface area contributed by atoms with Crippen LogP contribution in [0.1, 0.15) is 25.5 Å². The third-order valence-electron chi connectivity index (χ3n) is 3.57. The van der Waals surface area contributed by atoms with Gasteiger partial charge in [0.2, 0.25) is 5.91 Å². The van der Waals surface area contributed by atoms with Crippen molar-refractivity contribution in [2.75, 3.05) is 40.1 Å². The molecule has 0 fully saturated rings. The molecule has 1 amide bonds. The van der Waals surface area contributed by atoms with Gasteiger partial charge in [0.15, 0.2) is 11.5 Å². The van der Waals surface area contributed by atoms with Crippen molar-refractivity contribution >= 4 is 5.91 Å². The zero-order valence-electron chi connectivity index (χ0n) is 14.0. The number of hydrogen-bond donors (Lipinski definition) is 1. The van der Waals surface area contributed by atoms with Gasteiger partial charge in [0.05, 0.1) is 19.3 Å². The molecule has 0 radical (unpaired) electrons. The Morgan fingerprint density at radius 3 is 2.65 bits per heavy atom. The maximum atomic E-state index is 12.1. The molecule has 0 spiro atoms. The first-order valence-electron chi connectivity index (χ1n) is 7.87. The number of methoxy groups -OCH3 is 1. The Bertz CT molecular complexity index is 518. The Hall–Kier alpha value is -1.79. The van der Waals surface area contributed by atoms with Crippen LogP contribution in [0.5, 0.6) is 11.5 Å². The molecule has 1 heterocycles. The van der Waals surface area contributed by atoms with Crippen LogP contribution in [-0.4, -0.2) is 46.1 Å². The van der Waals surface area contributed by atoms with Crippen molar-refractivity contribution < 1.29 is 23.7 Å². The van der Waals surface area contributed by atoms with Crippen molar-refractivity contribution in [1.29, 1.82) is 0 Å². The average Bonchev–Trinajstić information content (AvgIpc) is 2.56. The lowest BCUT2D eigenvalue weighted by Crippen LogP contribution is -2.34. The monoisotopic (exact) mass is 323 g/mol. The average molecular weight is 323 g/mol. The van der Waals surface area contributed by atoms with Gasteiger partial charge in [-0.1, -0.05) is 19.9 Å². The molecular formula is C17H25NO5. The van der Waals surface area contributed by atoms with E-state index >= 15 is 0 Å². The topological polar surface area (TPSA) is 66.0 Å². The van der Waals surface area contributed by atoms with Crippen LogP contribution < -0.4 is 14.8 Å². The van der Waals surface area contributed by atoms with Gasteiger partial charge in [-0.2, -0.15) is 0 Å². The van der Waals surface area contributed by atoms with Crippen LogP contribution in [0.4, 0.5) is 0 Å². The van der Waals surface area contributed by atoms with Crippen LogP contribution in [-0.2, 0) is 14.3 Å². The number of nitrogens with one attached hydrogen (secondary N) is 1. The van der Waals surface area contributed by atoms with E-state index in [0.717, 1.165) is 17.1 Å². The van der Waals surface area contributed by atoms with E-state index in [0.29, 0.717) is 26.4 Å². The number of carbonyl (C=O) groups is 1. The first-order chi connectivity index (χ1) is 11.1. The third-order valence-corrected chi connectivity index (χ3v) is 3.57. The summed E-state index contributed by atoms with van der Waals surface area (Å²) in [5.41, 5.74) is 0.995. The summed E-state index contributed by atoms with van der Waals surface area (Å²) in [6, 6.07) is 5.68. The van der Waals surface area contributed by atoms with Gasteiger partial charge in [-0.15, -0.1) is 0 Å². The summed E-state index contributed by atoms with van der Waals surface area (Å²) in [6.45, 7) is 6.14. The van der Waals surface area contributed by atoms with Crippen LogP contribution in [0.2, 0.25) is 0 Å². The van der Waals surface area contributed by atoms with Gasteiger partial charge in [-0.3, -0.25) is 4.79 Å². The molecule has 0 bridgehead atoms. The SMILES string of the molecule is COCCOCC(=O)N[C@@H](c1ccc2c(c1)OCCO2)C(C)C. The Morgan fingerprint density at radius 2 is 1.96 bits per heavy atom. The van der Waals surface area contributed by atoms with E-state index in [-0.39, 0.29) is 24.5 Å². The molecule has 2 rings (SSSR count). The van der Waals surface area contributed by atoms with E-state index in [1.807, 2.05) is 18.2 Å². The van der Waals surface area contributed by atoms with Crippen LogP contribution in [0, 0.1) is 5.92 Å². The van der Waals surface area contributed by atoms with Crippen molar-refractivity contribution in [3.05, 3.63) is 23.8 Å². The lowest BCUT2D eigenvalue weighted by Gasteiger charge is -2.25. The fourth-order valence-electron chi connectivity index (χ4n) is 2.41. The minimum absolute atomic E-state index is 0.0249. The summed E-state index contributed by atoms with van der Waals surface area (Å²) in [7, 11) is 1.60.